The first-order valence-corrected chi connectivity index (χ1v) is 7.86. The minimum absolute atomic E-state index is 0.119. The highest BCUT2D eigenvalue weighted by Gasteiger charge is 2.27. The van der Waals surface area contributed by atoms with Crippen LogP contribution in [-0.4, -0.2) is 62.6 Å². The van der Waals surface area contributed by atoms with E-state index < -0.39 is 12.1 Å². The van der Waals surface area contributed by atoms with Crippen molar-refractivity contribution in [1.29, 1.82) is 0 Å². The fourth-order valence-corrected chi connectivity index (χ4v) is 3.04. The van der Waals surface area contributed by atoms with Crippen LogP contribution in [0.5, 0.6) is 0 Å². The summed E-state index contributed by atoms with van der Waals surface area (Å²) in [4.78, 5) is 37.3. The standard InChI is InChI=1S/C14H14N4O4S/c19-12(20)5-9-7-18(3-4-22-9)14(21)11-8-23-13(17-11)10-6-15-1-2-16-10/h1-2,6,8-9H,3-5,7H2,(H,19,20). The summed E-state index contributed by atoms with van der Waals surface area (Å²) in [6.45, 7) is 1.00. The van der Waals surface area contributed by atoms with Gasteiger partial charge in [0, 0.05) is 30.9 Å². The average Bonchev–Trinajstić information content (AvgIpc) is 3.04. The molecule has 3 rings (SSSR count). The van der Waals surface area contributed by atoms with Crippen LogP contribution < -0.4 is 0 Å². The molecule has 0 bridgehead atoms. The number of nitrogens with zero attached hydrogens (tertiary/aromatic N) is 4. The molecule has 3 heterocycles. The molecule has 0 saturated carbocycles. The number of rotatable bonds is 4. The Morgan fingerprint density at radius 2 is 2.30 bits per heavy atom. The predicted octanol–water partition coefficient (Wildman–Crippen LogP) is 0.916. The molecular formula is C14H14N4O4S. The molecule has 120 valence electrons. The molecule has 1 N–H and O–H groups in total. The summed E-state index contributed by atoms with van der Waals surface area (Å²) < 4.78 is 5.37. The van der Waals surface area contributed by atoms with Gasteiger partial charge < -0.3 is 14.7 Å². The van der Waals surface area contributed by atoms with E-state index in [0.717, 1.165) is 0 Å². The number of carboxylic acid groups (broad SMARTS) is 1. The van der Waals surface area contributed by atoms with E-state index in [9.17, 15) is 9.59 Å². The molecule has 1 unspecified atom stereocenters. The van der Waals surface area contributed by atoms with Gasteiger partial charge in [-0.25, -0.2) is 4.98 Å². The molecule has 2 aromatic rings. The van der Waals surface area contributed by atoms with Gasteiger partial charge in [-0.3, -0.25) is 19.6 Å². The minimum Gasteiger partial charge on any atom is -0.481 e. The molecule has 23 heavy (non-hydrogen) atoms. The highest BCUT2D eigenvalue weighted by atomic mass is 32.1. The number of hydrogen-bond acceptors (Lipinski definition) is 7. The van der Waals surface area contributed by atoms with E-state index in [2.05, 4.69) is 15.0 Å². The van der Waals surface area contributed by atoms with Crippen molar-refractivity contribution in [1.82, 2.24) is 19.9 Å². The van der Waals surface area contributed by atoms with Crippen molar-refractivity contribution in [3.8, 4) is 10.7 Å². The molecule has 8 nitrogen and oxygen atoms in total. The maximum absolute atomic E-state index is 12.5. The number of ether oxygens (including phenoxy) is 1. The SMILES string of the molecule is O=C(O)CC1CN(C(=O)c2csc(-c3cnccn3)n2)CCO1. The Kier molecular flexibility index (Phi) is 4.58. The summed E-state index contributed by atoms with van der Waals surface area (Å²) in [5.74, 6) is -1.17. The zero-order chi connectivity index (χ0) is 16.2. The molecule has 1 aliphatic heterocycles. The maximum Gasteiger partial charge on any atom is 0.306 e. The Balaban J connectivity index is 1.71. The third-order valence-corrected chi connectivity index (χ3v) is 4.20. The van der Waals surface area contributed by atoms with E-state index in [0.29, 0.717) is 29.5 Å². The molecule has 0 radical (unpaired) electrons. The van der Waals surface area contributed by atoms with Crippen LogP contribution in [0.3, 0.4) is 0 Å². The van der Waals surface area contributed by atoms with Gasteiger partial charge in [0.1, 0.15) is 16.4 Å². The van der Waals surface area contributed by atoms with Gasteiger partial charge in [0.2, 0.25) is 0 Å². The van der Waals surface area contributed by atoms with E-state index in [1.165, 1.54) is 11.3 Å². The van der Waals surface area contributed by atoms with Gasteiger partial charge in [-0.05, 0) is 0 Å². The highest BCUT2D eigenvalue weighted by Crippen LogP contribution is 2.22. The van der Waals surface area contributed by atoms with Gasteiger partial charge in [-0.15, -0.1) is 11.3 Å². The summed E-state index contributed by atoms with van der Waals surface area (Å²) in [7, 11) is 0. The Morgan fingerprint density at radius 1 is 1.43 bits per heavy atom. The number of carboxylic acids is 1. The summed E-state index contributed by atoms with van der Waals surface area (Å²) in [5.41, 5.74) is 0.939. The molecule has 1 fully saturated rings. The Labute approximate surface area is 135 Å². The average molecular weight is 334 g/mol. The van der Waals surface area contributed by atoms with Gasteiger partial charge in [-0.1, -0.05) is 0 Å². The molecule has 0 aliphatic carbocycles. The fraction of sp³-hybridized carbons (Fsp3) is 0.357. The van der Waals surface area contributed by atoms with Crippen LogP contribution in [0.2, 0.25) is 0 Å². The van der Waals surface area contributed by atoms with Crippen LogP contribution in [0.15, 0.2) is 24.0 Å². The first-order valence-electron chi connectivity index (χ1n) is 6.98. The topological polar surface area (TPSA) is 106 Å². The van der Waals surface area contributed by atoms with Crippen LogP contribution in [0.4, 0.5) is 0 Å². The first-order chi connectivity index (χ1) is 11.1. The molecule has 2 aromatic heterocycles. The van der Waals surface area contributed by atoms with E-state index in [1.807, 2.05) is 0 Å². The van der Waals surface area contributed by atoms with Crippen LogP contribution >= 0.6 is 11.3 Å². The second-order valence-electron chi connectivity index (χ2n) is 4.97. The lowest BCUT2D eigenvalue weighted by Gasteiger charge is -2.31. The van der Waals surface area contributed by atoms with E-state index in [-0.39, 0.29) is 18.9 Å². The number of amides is 1. The van der Waals surface area contributed by atoms with Crippen molar-refractivity contribution < 1.29 is 19.4 Å². The van der Waals surface area contributed by atoms with E-state index in [4.69, 9.17) is 9.84 Å². The molecular weight excluding hydrogens is 320 g/mol. The number of carbonyl (C=O) groups excluding carboxylic acids is 1. The molecule has 1 atom stereocenters. The number of carbonyl (C=O) groups is 2. The summed E-state index contributed by atoms with van der Waals surface area (Å²) in [5, 5.41) is 11.1. The van der Waals surface area contributed by atoms with Crippen molar-refractivity contribution in [2.45, 2.75) is 12.5 Å². The quantitative estimate of drug-likeness (QED) is 0.886. The third-order valence-electron chi connectivity index (χ3n) is 3.33. The fourth-order valence-electron chi connectivity index (χ4n) is 2.28. The number of aromatic nitrogens is 3. The normalized spacial score (nSPS) is 17.9. The van der Waals surface area contributed by atoms with E-state index >= 15 is 0 Å². The minimum atomic E-state index is -0.942. The van der Waals surface area contributed by atoms with Crippen LogP contribution in [0.1, 0.15) is 16.9 Å². The number of morpholine rings is 1. The molecule has 1 amide bonds. The van der Waals surface area contributed by atoms with Gasteiger partial charge in [0.05, 0.1) is 25.3 Å². The Morgan fingerprint density at radius 3 is 3.04 bits per heavy atom. The van der Waals surface area contributed by atoms with Gasteiger partial charge in [0.25, 0.3) is 5.91 Å². The predicted molar refractivity (Wildman–Crippen MR) is 81.0 cm³/mol. The van der Waals surface area contributed by atoms with Gasteiger partial charge in [-0.2, -0.15) is 0 Å². The number of hydrogen-bond donors (Lipinski definition) is 1. The van der Waals surface area contributed by atoms with Crippen molar-refractivity contribution in [3.63, 3.8) is 0 Å². The zero-order valence-corrected chi connectivity index (χ0v) is 12.9. The molecule has 0 spiro atoms. The smallest absolute Gasteiger partial charge is 0.306 e. The van der Waals surface area contributed by atoms with Crippen molar-refractivity contribution >= 4 is 23.2 Å². The maximum atomic E-state index is 12.5. The Bertz CT molecular complexity index is 706. The largest absolute Gasteiger partial charge is 0.481 e. The number of thiazole rings is 1. The lowest BCUT2D eigenvalue weighted by Crippen LogP contribution is -2.46. The summed E-state index contributed by atoms with van der Waals surface area (Å²) in [6.07, 6.45) is 4.12. The third kappa shape index (κ3) is 3.69. The van der Waals surface area contributed by atoms with Crippen molar-refractivity contribution in [3.05, 3.63) is 29.7 Å². The summed E-state index contributed by atoms with van der Waals surface area (Å²) in [6, 6.07) is 0. The number of aliphatic carboxylic acids is 1. The van der Waals surface area contributed by atoms with Crippen LogP contribution in [0.25, 0.3) is 10.7 Å². The lowest BCUT2D eigenvalue weighted by atomic mass is 10.2. The second-order valence-corrected chi connectivity index (χ2v) is 5.83. The molecule has 9 heteroatoms. The van der Waals surface area contributed by atoms with Crippen molar-refractivity contribution in [2.24, 2.45) is 0 Å². The monoisotopic (exact) mass is 334 g/mol. The molecule has 0 aromatic carbocycles. The van der Waals surface area contributed by atoms with E-state index in [1.54, 1.807) is 28.9 Å². The molecule has 1 aliphatic rings. The van der Waals surface area contributed by atoms with Crippen molar-refractivity contribution in [2.75, 3.05) is 19.7 Å². The van der Waals surface area contributed by atoms with Gasteiger partial charge >= 0.3 is 5.97 Å². The zero-order valence-electron chi connectivity index (χ0n) is 12.1. The van der Waals surface area contributed by atoms with Gasteiger partial charge in [0.15, 0.2) is 0 Å². The Hall–Kier alpha value is -2.39. The molecule has 1 saturated heterocycles. The van der Waals surface area contributed by atoms with Crippen LogP contribution in [-0.2, 0) is 9.53 Å². The first kappa shape index (κ1) is 15.5. The lowest BCUT2D eigenvalue weighted by molar-refractivity contribution is -0.141. The summed E-state index contributed by atoms with van der Waals surface area (Å²) >= 11 is 1.32. The highest BCUT2D eigenvalue weighted by molar-refractivity contribution is 7.13. The van der Waals surface area contributed by atoms with Crippen LogP contribution in [0, 0.1) is 0 Å². The second kappa shape index (κ2) is 6.80.